The van der Waals surface area contributed by atoms with E-state index in [9.17, 15) is 32.7 Å². The Morgan fingerprint density at radius 1 is 1.18 bits per heavy atom. The van der Waals surface area contributed by atoms with Gasteiger partial charge in [0, 0.05) is 38.3 Å². The van der Waals surface area contributed by atoms with Crippen LogP contribution >= 0.6 is 0 Å². The fraction of sp³-hybridized carbons (Fsp3) is 0.458. The van der Waals surface area contributed by atoms with Crippen molar-refractivity contribution in [2.45, 2.75) is 43.8 Å². The summed E-state index contributed by atoms with van der Waals surface area (Å²) in [6.07, 6.45) is -0.920. The van der Waals surface area contributed by atoms with Crippen molar-refractivity contribution in [3.63, 3.8) is 0 Å². The number of alkyl halides is 3. The van der Waals surface area contributed by atoms with Gasteiger partial charge in [0.05, 0.1) is 12.1 Å². The highest BCUT2D eigenvalue weighted by atomic mass is 19.4. The highest BCUT2D eigenvalue weighted by Crippen LogP contribution is 2.33. The van der Waals surface area contributed by atoms with Crippen LogP contribution in [0.5, 0.6) is 0 Å². The molecule has 1 aliphatic carbocycles. The van der Waals surface area contributed by atoms with E-state index < -0.39 is 29.7 Å². The molecule has 3 amide bonds. The number of hydrogen-bond acceptors (Lipinski definition) is 4. The molecule has 0 spiro atoms. The molecule has 0 bridgehead atoms. The molecule has 184 valence electrons. The monoisotopic (exact) mass is 479 g/mol. The van der Waals surface area contributed by atoms with Crippen LogP contribution in [-0.2, 0) is 14.4 Å². The van der Waals surface area contributed by atoms with Gasteiger partial charge in [-0.3, -0.25) is 14.4 Å². The summed E-state index contributed by atoms with van der Waals surface area (Å²) in [7, 11) is 1.30. The Labute approximate surface area is 195 Å². The van der Waals surface area contributed by atoms with Crippen molar-refractivity contribution in [3.8, 4) is 0 Å². The normalized spacial score (nSPS) is 21.3. The minimum atomic E-state index is -4.60. The number of benzene rings is 1. The minimum absolute atomic E-state index is 0.0377. The number of hydrogen-bond donors (Lipinski definition) is 2. The summed E-state index contributed by atoms with van der Waals surface area (Å²) in [6.45, 7) is -0.224. The van der Waals surface area contributed by atoms with E-state index in [2.05, 4.69) is 17.4 Å². The molecule has 10 heteroatoms. The molecule has 34 heavy (non-hydrogen) atoms. The van der Waals surface area contributed by atoms with Crippen molar-refractivity contribution in [2.75, 3.05) is 26.7 Å². The van der Waals surface area contributed by atoms with Crippen molar-refractivity contribution in [3.05, 3.63) is 59.4 Å². The van der Waals surface area contributed by atoms with Gasteiger partial charge in [0.25, 0.3) is 11.8 Å². The SMILES string of the molecule is CN(CCN1CC(C(=O)N[C@H]2CC[C@@H](c3ccccc3)CC2)=C(O)C1=O)C(=O)/C=C/C(F)(F)F. The smallest absolute Gasteiger partial charge is 0.409 e. The number of nitrogens with zero attached hydrogens (tertiary/aromatic N) is 2. The first-order chi connectivity index (χ1) is 16.0. The Balaban J connectivity index is 1.47. The lowest BCUT2D eigenvalue weighted by Gasteiger charge is -2.29. The average molecular weight is 479 g/mol. The highest BCUT2D eigenvalue weighted by molar-refractivity contribution is 6.07. The van der Waals surface area contributed by atoms with Crippen LogP contribution in [0.1, 0.15) is 37.2 Å². The molecule has 1 saturated carbocycles. The van der Waals surface area contributed by atoms with E-state index in [-0.39, 0.29) is 37.3 Å². The summed E-state index contributed by atoms with van der Waals surface area (Å²) < 4.78 is 36.6. The van der Waals surface area contributed by atoms with Gasteiger partial charge < -0.3 is 20.2 Å². The second kappa shape index (κ2) is 10.8. The molecule has 0 radical (unpaired) electrons. The van der Waals surface area contributed by atoms with Crippen molar-refractivity contribution in [2.24, 2.45) is 0 Å². The van der Waals surface area contributed by atoms with Gasteiger partial charge in [-0.25, -0.2) is 0 Å². The van der Waals surface area contributed by atoms with Crippen LogP contribution in [0, 0.1) is 0 Å². The van der Waals surface area contributed by atoms with E-state index in [1.54, 1.807) is 0 Å². The van der Waals surface area contributed by atoms with Gasteiger partial charge in [-0.1, -0.05) is 30.3 Å². The van der Waals surface area contributed by atoms with Gasteiger partial charge in [-0.05, 0) is 37.2 Å². The first kappa shape index (κ1) is 25.3. The van der Waals surface area contributed by atoms with Gasteiger partial charge in [0.1, 0.15) is 0 Å². The Morgan fingerprint density at radius 3 is 2.44 bits per heavy atom. The second-order valence-electron chi connectivity index (χ2n) is 8.62. The van der Waals surface area contributed by atoms with E-state index in [1.807, 2.05) is 18.2 Å². The van der Waals surface area contributed by atoms with Crippen LogP contribution in [0.15, 0.2) is 53.8 Å². The quantitative estimate of drug-likeness (QED) is 0.589. The number of halogens is 3. The molecule has 2 N–H and O–H groups in total. The highest BCUT2D eigenvalue weighted by Gasteiger charge is 2.35. The molecule has 7 nitrogen and oxygen atoms in total. The van der Waals surface area contributed by atoms with Gasteiger partial charge >= 0.3 is 6.18 Å². The third-order valence-corrected chi connectivity index (χ3v) is 6.23. The Kier molecular flexibility index (Phi) is 8.01. The van der Waals surface area contributed by atoms with Crippen LogP contribution in [0.2, 0.25) is 0 Å². The number of amides is 3. The van der Waals surface area contributed by atoms with Crippen LogP contribution in [0.25, 0.3) is 0 Å². The first-order valence-corrected chi connectivity index (χ1v) is 11.1. The minimum Gasteiger partial charge on any atom is -0.503 e. The van der Waals surface area contributed by atoms with Crippen LogP contribution in [0.3, 0.4) is 0 Å². The summed E-state index contributed by atoms with van der Waals surface area (Å²) in [4.78, 5) is 39.0. The van der Waals surface area contributed by atoms with E-state index in [4.69, 9.17) is 0 Å². The molecular formula is C24H28F3N3O4. The molecule has 1 aromatic rings. The molecule has 0 aromatic heterocycles. The molecule has 0 saturated heterocycles. The van der Waals surface area contributed by atoms with Gasteiger partial charge in [0.2, 0.25) is 5.91 Å². The molecule has 1 aliphatic heterocycles. The summed E-state index contributed by atoms with van der Waals surface area (Å²) in [6, 6.07) is 10.1. The third kappa shape index (κ3) is 6.61. The lowest BCUT2D eigenvalue weighted by molar-refractivity contribution is -0.130. The van der Waals surface area contributed by atoms with Gasteiger partial charge in [-0.2, -0.15) is 13.2 Å². The molecule has 1 fully saturated rings. The average Bonchev–Trinajstić information content (AvgIpc) is 3.10. The zero-order valence-corrected chi connectivity index (χ0v) is 18.8. The van der Waals surface area contributed by atoms with Gasteiger partial charge in [-0.15, -0.1) is 0 Å². The maximum atomic E-state index is 12.7. The van der Waals surface area contributed by atoms with E-state index >= 15 is 0 Å². The number of carbonyl (C=O) groups is 3. The van der Waals surface area contributed by atoms with Crippen molar-refractivity contribution >= 4 is 17.7 Å². The second-order valence-corrected chi connectivity index (χ2v) is 8.62. The largest absolute Gasteiger partial charge is 0.503 e. The summed E-state index contributed by atoms with van der Waals surface area (Å²) in [5.74, 6) is -2.32. The number of likely N-dealkylation sites (N-methyl/N-ethyl adjacent to an activating group) is 1. The topological polar surface area (TPSA) is 89.9 Å². The Bertz CT molecular complexity index is 967. The maximum absolute atomic E-state index is 12.7. The molecule has 2 aliphatic rings. The Morgan fingerprint density at radius 2 is 1.82 bits per heavy atom. The first-order valence-electron chi connectivity index (χ1n) is 11.1. The molecule has 3 rings (SSSR count). The molecule has 0 atom stereocenters. The zero-order chi connectivity index (χ0) is 24.9. The van der Waals surface area contributed by atoms with Crippen molar-refractivity contribution in [1.29, 1.82) is 0 Å². The van der Waals surface area contributed by atoms with E-state index in [0.29, 0.717) is 12.0 Å². The van der Waals surface area contributed by atoms with Crippen LogP contribution < -0.4 is 5.32 Å². The van der Waals surface area contributed by atoms with E-state index in [0.717, 1.165) is 30.6 Å². The summed E-state index contributed by atoms with van der Waals surface area (Å²) in [5.41, 5.74) is 1.24. The van der Waals surface area contributed by atoms with Crippen LogP contribution in [0.4, 0.5) is 13.2 Å². The number of nitrogens with one attached hydrogen (secondary N) is 1. The molecule has 1 heterocycles. The number of carbonyl (C=O) groups excluding carboxylic acids is 3. The predicted molar refractivity (Wildman–Crippen MR) is 119 cm³/mol. The lowest BCUT2D eigenvalue weighted by Crippen LogP contribution is -2.40. The third-order valence-electron chi connectivity index (χ3n) is 6.23. The van der Waals surface area contributed by atoms with Gasteiger partial charge in [0.15, 0.2) is 5.76 Å². The fourth-order valence-electron chi connectivity index (χ4n) is 4.22. The standard InChI is InChI=1S/C24H28F3N3O4/c1-29(20(31)11-12-24(25,26)27)13-14-30-15-19(21(32)23(30)34)22(33)28-18-9-7-17(8-10-18)16-5-3-2-4-6-16/h2-6,11-12,17-18,32H,7-10,13-15H2,1H3,(H,28,33)/b12-11+/t17-,18+. The number of aliphatic hydroxyl groups is 1. The predicted octanol–water partition coefficient (Wildman–Crippen LogP) is 3.06. The van der Waals surface area contributed by atoms with Crippen molar-refractivity contribution < 1.29 is 32.7 Å². The number of rotatable bonds is 7. The molecule has 1 aromatic carbocycles. The van der Waals surface area contributed by atoms with E-state index in [1.165, 1.54) is 17.5 Å². The van der Waals surface area contributed by atoms with Crippen molar-refractivity contribution in [1.82, 2.24) is 15.1 Å². The maximum Gasteiger partial charge on any atom is 0.409 e. The summed E-state index contributed by atoms with van der Waals surface area (Å²) in [5, 5.41) is 13.1. The fourth-order valence-corrected chi connectivity index (χ4v) is 4.22. The zero-order valence-electron chi connectivity index (χ0n) is 18.8. The lowest BCUT2D eigenvalue weighted by atomic mass is 9.82. The summed E-state index contributed by atoms with van der Waals surface area (Å²) >= 11 is 0. The Hall–Kier alpha value is -3.30. The molecular weight excluding hydrogens is 451 g/mol. The molecule has 0 unspecified atom stereocenters. The van der Waals surface area contributed by atoms with Crippen LogP contribution in [-0.4, -0.2) is 71.5 Å². The number of aliphatic hydroxyl groups excluding tert-OH is 1. The number of allylic oxidation sites excluding steroid dienone is 1.